The summed E-state index contributed by atoms with van der Waals surface area (Å²) in [6, 6.07) is 9.02. The summed E-state index contributed by atoms with van der Waals surface area (Å²) in [5.74, 6) is 0.164. The van der Waals surface area contributed by atoms with Crippen LogP contribution in [-0.2, 0) is 35.0 Å². The number of likely N-dealkylation sites (tertiary alicyclic amines) is 1. The average molecular weight is 683 g/mol. The number of hydrogen-bond donors (Lipinski definition) is 1. The van der Waals surface area contributed by atoms with E-state index in [0.29, 0.717) is 77.1 Å². The Morgan fingerprint density at radius 1 is 0.959 bits per heavy atom. The fourth-order valence-corrected chi connectivity index (χ4v) is 5.57. The minimum atomic E-state index is -0.484. The number of nitrogens with zero attached hydrogens (tertiary/aromatic N) is 5. The van der Waals surface area contributed by atoms with E-state index in [-0.39, 0.29) is 37.0 Å². The number of hydrogen-bond acceptors (Lipinski definition) is 11. The summed E-state index contributed by atoms with van der Waals surface area (Å²) in [5.41, 5.74) is 1.01. The number of benzene rings is 1. The zero-order valence-electron chi connectivity index (χ0n) is 29.0. The van der Waals surface area contributed by atoms with E-state index in [0.717, 1.165) is 43.4 Å². The molecular formula is C35H50N6O8. The van der Waals surface area contributed by atoms with Crippen molar-refractivity contribution in [1.82, 2.24) is 25.0 Å². The zero-order valence-corrected chi connectivity index (χ0v) is 29.0. The maximum absolute atomic E-state index is 12.8. The largest absolute Gasteiger partial charge is 0.484 e. The van der Waals surface area contributed by atoms with E-state index in [1.165, 1.54) is 0 Å². The second-order valence-corrected chi connectivity index (χ2v) is 13.0. The van der Waals surface area contributed by atoms with Crippen molar-refractivity contribution in [2.24, 2.45) is 0 Å². The van der Waals surface area contributed by atoms with Crippen LogP contribution in [0.15, 0.2) is 30.5 Å². The highest BCUT2D eigenvalue weighted by Gasteiger charge is 2.29. The van der Waals surface area contributed by atoms with Crippen molar-refractivity contribution in [3.63, 3.8) is 0 Å². The van der Waals surface area contributed by atoms with Crippen LogP contribution in [0.3, 0.4) is 0 Å². The highest BCUT2D eigenvalue weighted by atomic mass is 16.6. The molecule has 268 valence electrons. The Balaban J connectivity index is 0.986. The van der Waals surface area contributed by atoms with Crippen molar-refractivity contribution in [3.8, 4) is 11.8 Å². The van der Waals surface area contributed by atoms with Gasteiger partial charge in [0.15, 0.2) is 6.61 Å². The molecule has 2 aromatic rings. The highest BCUT2D eigenvalue weighted by molar-refractivity contribution is 5.89. The maximum Gasteiger partial charge on any atom is 0.410 e. The third-order valence-corrected chi connectivity index (χ3v) is 8.13. The Bertz CT molecular complexity index is 1420. The number of aromatic nitrogens is 1. The minimum absolute atomic E-state index is 0.0628. The van der Waals surface area contributed by atoms with Crippen molar-refractivity contribution >= 4 is 28.8 Å². The summed E-state index contributed by atoms with van der Waals surface area (Å²) in [6.07, 6.45) is 3.15. The zero-order chi connectivity index (χ0) is 35.1. The lowest BCUT2D eigenvalue weighted by Crippen LogP contribution is -2.50. The molecule has 1 aromatic carbocycles. The summed E-state index contributed by atoms with van der Waals surface area (Å²) >= 11 is 0. The molecule has 2 fully saturated rings. The van der Waals surface area contributed by atoms with Gasteiger partial charge in [-0.3, -0.25) is 19.5 Å². The maximum atomic E-state index is 12.8. The van der Waals surface area contributed by atoms with Crippen molar-refractivity contribution in [2.45, 2.75) is 51.7 Å². The van der Waals surface area contributed by atoms with Crippen LogP contribution in [0.5, 0.6) is 5.75 Å². The smallest absolute Gasteiger partial charge is 0.410 e. The Kier molecular flexibility index (Phi) is 14.8. The molecule has 14 nitrogen and oxygen atoms in total. The number of carbonyl (C=O) groups excluding carboxylic acids is 3. The lowest BCUT2D eigenvalue weighted by Gasteiger charge is -2.35. The van der Waals surface area contributed by atoms with Crippen LogP contribution < -0.4 is 10.1 Å². The first kappa shape index (κ1) is 37.8. The number of carbonyl (C=O) groups is 3. The van der Waals surface area contributed by atoms with Gasteiger partial charge in [-0.25, -0.2) is 4.79 Å². The summed E-state index contributed by atoms with van der Waals surface area (Å²) in [5, 5.41) is 12.9. The molecule has 1 unspecified atom stereocenters. The number of ether oxygens (including phenoxy) is 5. The molecule has 2 aliphatic rings. The summed E-state index contributed by atoms with van der Waals surface area (Å²) in [4.78, 5) is 47.3. The second-order valence-electron chi connectivity index (χ2n) is 13.0. The monoisotopic (exact) mass is 682 g/mol. The fraction of sp³-hybridized carbons (Fsp3) is 0.629. The molecular weight excluding hydrogens is 632 g/mol. The summed E-state index contributed by atoms with van der Waals surface area (Å²) in [6.45, 7) is 12.8. The van der Waals surface area contributed by atoms with Gasteiger partial charge < -0.3 is 38.8 Å². The molecule has 1 atom stereocenters. The van der Waals surface area contributed by atoms with Crippen LogP contribution in [0.1, 0.15) is 39.2 Å². The summed E-state index contributed by atoms with van der Waals surface area (Å²) in [7, 11) is 0. The molecule has 2 aliphatic heterocycles. The SMILES string of the molecule is CC(C)(C)OC(=O)N1CCN(CCOCCOCCOCCNC(=O)COc2ccc3c(CC(=O)N4CCCC4C#N)ccnc3c2)CC1. The van der Waals surface area contributed by atoms with E-state index in [4.69, 9.17) is 23.7 Å². The lowest BCUT2D eigenvalue weighted by atomic mass is 10.1. The number of nitriles is 1. The molecule has 0 spiro atoms. The molecule has 2 saturated heterocycles. The van der Waals surface area contributed by atoms with Crippen molar-refractivity contribution in [3.05, 3.63) is 36.0 Å². The topological polar surface area (TPSA) is 156 Å². The Hall–Kier alpha value is -4.03. The van der Waals surface area contributed by atoms with Gasteiger partial charge in [-0.2, -0.15) is 5.26 Å². The van der Waals surface area contributed by atoms with Gasteiger partial charge in [-0.05, 0) is 57.4 Å². The number of pyridine rings is 1. The molecule has 1 N–H and O–H groups in total. The van der Waals surface area contributed by atoms with Crippen LogP contribution >= 0.6 is 0 Å². The van der Waals surface area contributed by atoms with Crippen molar-refractivity contribution < 1.29 is 38.1 Å². The normalized spacial score (nSPS) is 16.8. The second kappa shape index (κ2) is 19.2. The third-order valence-electron chi connectivity index (χ3n) is 8.13. The lowest BCUT2D eigenvalue weighted by molar-refractivity contribution is -0.130. The number of amides is 3. The van der Waals surface area contributed by atoms with E-state index < -0.39 is 5.60 Å². The standard InChI is InChI=1S/C35H50N6O8/c1-35(2,3)49-34(44)40-14-12-39(13-15-40)16-18-46-20-22-47-21-19-45-17-10-38-32(42)26-48-29-6-7-30-27(8-9-37-31(30)24-29)23-33(43)41-11-4-5-28(41)25-36/h6-9,24,28H,4-5,10-23,26H2,1-3H3,(H,38,42). The Labute approximate surface area is 288 Å². The van der Waals surface area contributed by atoms with E-state index in [1.54, 1.807) is 28.1 Å². The highest BCUT2D eigenvalue weighted by Crippen LogP contribution is 2.24. The number of rotatable bonds is 17. The van der Waals surface area contributed by atoms with Crippen LogP contribution in [0.4, 0.5) is 4.79 Å². The molecule has 0 radical (unpaired) electrons. The van der Waals surface area contributed by atoms with Crippen LogP contribution in [0.25, 0.3) is 10.9 Å². The molecule has 14 heteroatoms. The molecule has 0 bridgehead atoms. The van der Waals surface area contributed by atoms with Crippen LogP contribution in [0.2, 0.25) is 0 Å². The molecule has 3 amide bonds. The number of fused-ring (bicyclic) bond motifs is 1. The average Bonchev–Trinajstić information content (AvgIpc) is 3.57. The van der Waals surface area contributed by atoms with Gasteiger partial charge in [-0.1, -0.05) is 0 Å². The molecule has 3 heterocycles. The first-order valence-electron chi connectivity index (χ1n) is 17.0. The van der Waals surface area contributed by atoms with Gasteiger partial charge in [-0.15, -0.1) is 0 Å². The van der Waals surface area contributed by atoms with E-state index >= 15 is 0 Å². The van der Waals surface area contributed by atoms with Crippen molar-refractivity contribution in [2.75, 3.05) is 92.1 Å². The predicted molar refractivity (Wildman–Crippen MR) is 181 cm³/mol. The Morgan fingerprint density at radius 2 is 1.67 bits per heavy atom. The summed E-state index contributed by atoms with van der Waals surface area (Å²) < 4.78 is 27.8. The predicted octanol–water partition coefficient (Wildman–Crippen LogP) is 2.39. The van der Waals surface area contributed by atoms with Gasteiger partial charge in [0.1, 0.15) is 17.4 Å². The number of piperazine rings is 1. The minimum Gasteiger partial charge on any atom is -0.484 e. The first-order chi connectivity index (χ1) is 23.6. The van der Waals surface area contributed by atoms with Gasteiger partial charge in [0.05, 0.1) is 57.6 Å². The molecule has 0 saturated carbocycles. The molecule has 49 heavy (non-hydrogen) atoms. The first-order valence-corrected chi connectivity index (χ1v) is 17.0. The van der Waals surface area contributed by atoms with Gasteiger partial charge >= 0.3 is 6.09 Å². The quantitative estimate of drug-likeness (QED) is 0.245. The van der Waals surface area contributed by atoms with E-state index in [1.807, 2.05) is 32.9 Å². The van der Waals surface area contributed by atoms with E-state index in [9.17, 15) is 19.6 Å². The molecule has 1 aromatic heterocycles. The van der Waals surface area contributed by atoms with Crippen LogP contribution in [-0.4, -0.2) is 141 Å². The van der Waals surface area contributed by atoms with Crippen LogP contribution in [0, 0.1) is 11.3 Å². The molecule has 4 rings (SSSR count). The van der Waals surface area contributed by atoms with Gasteiger partial charge in [0.25, 0.3) is 5.91 Å². The Morgan fingerprint density at radius 3 is 2.39 bits per heavy atom. The third kappa shape index (κ3) is 12.7. The molecule has 0 aliphatic carbocycles. The fourth-order valence-electron chi connectivity index (χ4n) is 5.57. The van der Waals surface area contributed by atoms with Gasteiger partial charge in [0.2, 0.25) is 5.91 Å². The number of nitrogens with one attached hydrogen (secondary N) is 1. The van der Waals surface area contributed by atoms with Crippen molar-refractivity contribution in [1.29, 1.82) is 5.26 Å². The van der Waals surface area contributed by atoms with Gasteiger partial charge in [0, 0.05) is 63.5 Å². The van der Waals surface area contributed by atoms with E-state index in [2.05, 4.69) is 21.3 Å².